The second kappa shape index (κ2) is 3.08. The fraction of sp³-hybridized carbons (Fsp3) is 0.125. The number of hydrogen-bond acceptors (Lipinski definition) is 2. The number of halogens is 2. The van der Waals surface area contributed by atoms with Crippen LogP contribution in [0.2, 0.25) is 0 Å². The first-order chi connectivity index (χ1) is 6.11. The fourth-order valence-electron chi connectivity index (χ4n) is 1.33. The highest BCUT2D eigenvalue weighted by Gasteiger charge is 2.30. The van der Waals surface area contributed by atoms with E-state index in [1.807, 2.05) is 0 Å². The molecule has 0 aromatic heterocycles. The molecule has 2 rings (SSSR count). The zero-order valence-corrected chi connectivity index (χ0v) is 9.52. The highest BCUT2D eigenvalue weighted by molar-refractivity contribution is 9.11. The molecule has 0 fully saturated rings. The van der Waals surface area contributed by atoms with E-state index in [4.69, 9.17) is 0 Å². The average Bonchev–Trinajstić information content (AvgIpc) is 2.36. The van der Waals surface area contributed by atoms with Crippen molar-refractivity contribution >= 4 is 37.8 Å². The summed E-state index contributed by atoms with van der Waals surface area (Å²) in [6.07, 6.45) is -0.908. The summed E-state index contributed by atoms with van der Waals surface area (Å²) in [5.41, 5.74) is 1.10. The summed E-state index contributed by atoms with van der Waals surface area (Å²) in [6.45, 7) is 0. The predicted molar refractivity (Wildman–Crippen MR) is 54.3 cm³/mol. The van der Waals surface area contributed by atoms with Gasteiger partial charge in [0.05, 0.1) is 5.56 Å². The molecule has 1 aromatic rings. The van der Waals surface area contributed by atoms with Crippen LogP contribution in [0.1, 0.15) is 22.1 Å². The number of aliphatic hydroxyl groups excluding tert-OH is 1. The minimum Gasteiger partial charge on any atom is -0.369 e. The Bertz CT molecular complexity index is 392. The van der Waals surface area contributed by atoms with Gasteiger partial charge in [-0.15, -0.1) is 0 Å². The van der Waals surface area contributed by atoms with Crippen molar-refractivity contribution in [3.8, 4) is 0 Å². The Kier molecular flexibility index (Phi) is 2.17. The molecular formula is C8H5Br2NO2. The van der Waals surface area contributed by atoms with Crippen molar-refractivity contribution in [3.05, 3.63) is 32.2 Å². The number of hydrogen-bond donors (Lipinski definition) is 2. The van der Waals surface area contributed by atoms with E-state index >= 15 is 0 Å². The first-order valence-corrected chi connectivity index (χ1v) is 5.16. The van der Waals surface area contributed by atoms with Gasteiger partial charge in [0, 0.05) is 14.5 Å². The van der Waals surface area contributed by atoms with Crippen molar-refractivity contribution in [1.29, 1.82) is 0 Å². The molecule has 1 aliphatic heterocycles. The molecule has 1 amide bonds. The summed E-state index contributed by atoms with van der Waals surface area (Å²) in [4.78, 5) is 11.3. The van der Waals surface area contributed by atoms with E-state index in [0.29, 0.717) is 15.6 Å². The molecule has 68 valence electrons. The predicted octanol–water partition coefficient (Wildman–Crippen LogP) is 1.95. The van der Waals surface area contributed by atoms with Crippen LogP contribution in [-0.2, 0) is 0 Å². The van der Waals surface area contributed by atoms with Gasteiger partial charge in [-0.1, -0.05) is 15.9 Å². The zero-order valence-electron chi connectivity index (χ0n) is 6.34. The van der Waals surface area contributed by atoms with Crippen LogP contribution in [0.25, 0.3) is 0 Å². The van der Waals surface area contributed by atoms with Gasteiger partial charge in [0.1, 0.15) is 0 Å². The summed E-state index contributed by atoms with van der Waals surface area (Å²) < 4.78 is 1.43. The van der Waals surface area contributed by atoms with Crippen molar-refractivity contribution in [2.24, 2.45) is 0 Å². The van der Waals surface area contributed by atoms with E-state index in [1.165, 1.54) is 0 Å². The molecule has 3 nitrogen and oxygen atoms in total. The van der Waals surface area contributed by atoms with Crippen LogP contribution in [0, 0.1) is 0 Å². The SMILES string of the molecule is O=C1NC(O)c2c(Br)ccc(Br)c21. The van der Waals surface area contributed by atoms with Gasteiger partial charge < -0.3 is 10.4 Å². The van der Waals surface area contributed by atoms with E-state index in [-0.39, 0.29) is 5.91 Å². The lowest BCUT2D eigenvalue weighted by atomic mass is 10.1. The van der Waals surface area contributed by atoms with Crippen LogP contribution in [0.3, 0.4) is 0 Å². The van der Waals surface area contributed by atoms with Crippen LogP contribution in [0.5, 0.6) is 0 Å². The lowest BCUT2D eigenvalue weighted by Gasteiger charge is -2.05. The van der Waals surface area contributed by atoms with Gasteiger partial charge in [0.2, 0.25) is 0 Å². The Morgan fingerprint density at radius 2 is 1.92 bits per heavy atom. The topological polar surface area (TPSA) is 49.3 Å². The average molecular weight is 307 g/mol. The number of aliphatic hydroxyl groups is 1. The Hall–Kier alpha value is -0.390. The van der Waals surface area contributed by atoms with Crippen LogP contribution >= 0.6 is 31.9 Å². The summed E-state index contributed by atoms with van der Waals surface area (Å²) in [5.74, 6) is -0.254. The molecule has 0 bridgehead atoms. The van der Waals surface area contributed by atoms with Gasteiger partial charge in [-0.2, -0.15) is 0 Å². The second-order valence-electron chi connectivity index (χ2n) is 2.69. The second-order valence-corrected chi connectivity index (χ2v) is 4.40. The zero-order chi connectivity index (χ0) is 9.59. The highest BCUT2D eigenvalue weighted by atomic mass is 79.9. The third-order valence-corrected chi connectivity index (χ3v) is 3.26. The number of carbonyl (C=O) groups excluding carboxylic acids is 1. The smallest absolute Gasteiger partial charge is 0.255 e. The van der Waals surface area contributed by atoms with Gasteiger partial charge in [0.25, 0.3) is 5.91 Å². The lowest BCUT2D eigenvalue weighted by Crippen LogP contribution is -2.18. The molecule has 0 saturated carbocycles. The molecule has 1 aromatic carbocycles. The molecular weight excluding hydrogens is 302 g/mol. The summed E-state index contributed by atoms with van der Waals surface area (Å²) in [5, 5.41) is 11.9. The molecule has 0 aliphatic carbocycles. The maximum atomic E-state index is 11.3. The van der Waals surface area contributed by atoms with Crippen LogP contribution < -0.4 is 5.32 Å². The molecule has 1 unspecified atom stereocenters. The monoisotopic (exact) mass is 305 g/mol. The molecule has 1 atom stereocenters. The quantitative estimate of drug-likeness (QED) is 0.769. The largest absolute Gasteiger partial charge is 0.369 e. The molecule has 13 heavy (non-hydrogen) atoms. The number of fused-ring (bicyclic) bond motifs is 1. The van der Waals surface area contributed by atoms with Crippen molar-refractivity contribution in [2.45, 2.75) is 6.23 Å². The van der Waals surface area contributed by atoms with Crippen molar-refractivity contribution in [2.75, 3.05) is 0 Å². The van der Waals surface area contributed by atoms with E-state index in [0.717, 1.165) is 4.47 Å². The third kappa shape index (κ3) is 1.31. The minimum absolute atomic E-state index is 0.254. The third-order valence-electron chi connectivity index (χ3n) is 1.91. The van der Waals surface area contributed by atoms with E-state index in [2.05, 4.69) is 37.2 Å². The number of benzene rings is 1. The Morgan fingerprint density at radius 3 is 2.54 bits per heavy atom. The van der Waals surface area contributed by atoms with Gasteiger partial charge in [-0.3, -0.25) is 4.79 Å². The molecule has 0 radical (unpaired) electrons. The summed E-state index contributed by atoms with van der Waals surface area (Å²) in [6, 6.07) is 3.55. The van der Waals surface area contributed by atoms with E-state index in [9.17, 15) is 9.90 Å². The van der Waals surface area contributed by atoms with Crippen molar-refractivity contribution in [3.63, 3.8) is 0 Å². The molecule has 2 N–H and O–H groups in total. The van der Waals surface area contributed by atoms with Gasteiger partial charge in [0.15, 0.2) is 6.23 Å². The molecule has 5 heteroatoms. The van der Waals surface area contributed by atoms with Crippen LogP contribution in [0.4, 0.5) is 0 Å². The van der Waals surface area contributed by atoms with Gasteiger partial charge >= 0.3 is 0 Å². The minimum atomic E-state index is -0.908. The van der Waals surface area contributed by atoms with E-state index in [1.54, 1.807) is 12.1 Å². The standard InChI is InChI=1S/C8H5Br2NO2/c9-3-1-2-4(10)6-5(3)7(12)11-8(6)13/h1-2,7,12H,(H,11,13). The van der Waals surface area contributed by atoms with Gasteiger partial charge in [-0.05, 0) is 28.1 Å². The Balaban J connectivity index is 2.74. The first-order valence-electron chi connectivity index (χ1n) is 3.58. The maximum absolute atomic E-state index is 11.3. The molecule has 0 spiro atoms. The van der Waals surface area contributed by atoms with E-state index < -0.39 is 6.23 Å². The van der Waals surface area contributed by atoms with Crippen LogP contribution in [0.15, 0.2) is 21.1 Å². The molecule has 1 heterocycles. The molecule has 0 saturated heterocycles. The number of rotatable bonds is 0. The Labute approximate surface area is 91.4 Å². The van der Waals surface area contributed by atoms with Crippen molar-refractivity contribution < 1.29 is 9.90 Å². The highest BCUT2D eigenvalue weighted by Crippen LogP contribution is 2.35. The van der Waals surface area contributed by atoms with Crippen molar-refractivity contribution in [1.82, 2.24) is 5.32 Å². The number of carbonyl (C=O) groups is 1. The normalized spacial score (nSPS) is 19.9. The fourth-order valence-corrected chi connectivity index (χ4v) is 2.41. The lowest BCUT2D eigenvalue weighted by molar-refractivity contribution is 0.0849. The Morgan fingerprint density at radius 1 is 1.31 bits per heavy atom. The number of nitrogens with one attached hydrogen (secondary N) is 1. The molecule has 1 aliphatic rings. The first kappa shape index (κ1) is 9.18. The van der Waals surface area contributed by atoms with Gasteiger partial charge in [-0.25, -0.2) is 0 Å². The van der Waals surface area contributed by atoms with Crippen LogP contribution in [-0.4, -0.2) is 11.0 Å². The number of amides is 1. The summed E-state index contributed by atoms with van der Waals surface area (Å²) in [7, 11) is 0. The summed E-state index contributed by atoms with van der Waals surface area (Å²) >= 11 is 6.53. The maximum Gasteiger partial charge on any atom is 0.255 e.